The summed E-state index contributed by atoms with van der Waals surface area (Å²) in [4.78, 5) is 28.2. The number of aromatic nitrogens is 3. The number of hydrogen-bond acceptors (Lipinski definition) is 6. The minimum atomic E-state index is -0.765. The molecule has 1 amide bonds. The zero-order valence-corrected chi connectivity index (χ0v) is 16.5. The minimum Gasteiger partial charge on any atom is -0.481 e. The Hall–Kier alpha value is -3.94. The van der Waals surface area contributed by atoms with E-state index >= 15 is 0 Å². The molecule has 152 valence electrons. The van der Waals surface area contributed by atoms with Crippen LogP contribution in [-0.2, 0) is 11.2 Å². The van der Waals surface area contributed by atoms with Gasteiger partial charge in [-0.1, -0.05) is 13.0 Å². The van der Waals surface area contributed by atoms with Gasteiger partial charge in [-0.2, -0.15) is 5.10 Å². The minimum absolute atomic E-state index is 0.311. The van der Waals surface area contributed by atoms with E-state index in [-0.39, 0.29) is 5.91 Å². The van der Waals surface area contributed by atoms with Gasteiger partial charge in [0, 0.05) is 23.2 Å². The Morgan fingerprint density at radius 1 is 1.23 bits per heavy atom. The van der Waals surface area contributed by atoms with Crippen LogP contribution < -0.4 is 15.7 Å². The maximum atomic E-state index is 12.6. The normalized spacial score (nSPS) is 11.9. The van der Waals surface area contributed by atoms with Crippen LogP contribution in [0.3, 0.4) is 0 Å². The lowest BCUT2D eigenvalue weighted by atomic mass is 10.1. The standard InChI is InChI=1S/C22H20N4O4/c1-3-15-9-21(27)30-20-11-18(7-8-19(15)20)29-14(2)22(28)25-16-5-4-6-17(10-16)26-13-23-12-24-26/h4-14H,3H2,1-2H3,(H,25,28). The molecule has 4 aromatic rings. The number of carbonyl (C=O) groups excluding carboxylic acids is 1. The van der Waals surface area contributed by atoms with E-state index in [4.69, 9.17) is 9.15 Å². The number of rotatable bonds is 6. The Bertz CT molecular complexity index is 1250. The van der Waals surface area contributed by atoms with Crippen molar-refractivity contribution in [3.63, 3.8) is 0 Å². The molecule has 0 aliphatic heterocycles. The lowest BCUT2D eigenvalue weighted by molar-refractivity contribution is -0.122. The summed E-state index contributed by atoms with van der Waals surface area (Å²) in [6.45, 7) is 3.63. The molecule has 8 nitrogen and oxygen atoms in total. The number of amides is 1. The quantitative estimate of drug-likeness (QED) is 0.495. The number of hydrogen-bond donors (Lipinski definition) is 1. The van der Waals surface area contributed by atoms with Gasteiger partial charge in [-0.15, -0.1) is 0 Å². The van der Waals surface area contributed by atoms with Gasteiger partial charge in [0.05, 0.1) is 5.69 Å². The molecule has 30 heavy (non-hydrogen) atoms. The van der Waals surface area contributed by atoms with E-state index < -0.39 is 11.7 Å². The van der Waals surface area contributed by atoms with Gasteiger partial charge in [0.15, 0.2) is 6.10 Å². The van der Waals surface area contributed by atoms with Crippen LogP contribution in [0.25, 0.3) is 16.7 Å². The van der Waals surface area contributed by atoms with Crippen molar-refractivity contribution in [2.75, 3.05) is 5.32 Å². The molecule has 0 fully saturated rings. The van der Waals surface area contributed by atoms with Gasteiger partial charge < -0.3 is 14.5 Å². The molecule has 0 aliphatic rings. The largest absolute Gasteiger partial charge is 0.481 e. The van der Waals surface area contributed by atoms with E-state index in [1.165, 1.54) is 12.4 Å². The van der Waals surface area contributed by atoms with Crippen molar-refractivity contribution < 1.29 is 13.9 Å². The van der Waals surface area contributed by atoms with Gasteiger partial charge in [-0.25, -0.2) is 14.5 Å². The molecule has 0 bridgehead atoms. The van der Waals surface area contributed by atoms with Gasteiger partial charge in [0.2, 0.25) is 0 Å². The van der Waals surface area contributed by atoms with Crippen molar-refractivity contribution in [2.24, 2.45) is 0 Å². The first-order valence-corrected chi connectivity index (χ1v) is 9.53. The summed E-state index contributed by atoms with van der Waals surface area (Å²) >= 11 is 0. The lowest BCUT2D eigenvalue weighted by Gasteiger charge is -2.15. The highest BCUT2D eigenvalue weighted by Gasteiger charge is 2.16. The van der Waals surface area contributed by atoms with E-state index in [1.54, 1.807) is 42.2 Å². The third-order valence-corrected chi connectivity index (χ3v) is 4.66. The number of fused-ring (bicyclic) bond motifs is 1. The first-order valence-electron chi connectivity index (χ1n) is 9.53. The Kier molecular flexibility index (Phi) is 5.30. The SMILES string of the molecule is CCc1cc(=O)oc2cc(OC(C)C(=O)Nc3cccc(-n4cncn4)c3)ccc12. The van der Waals surface area contributed by atoms with Crippen LogP contribution in [0.1, 0.15) is 19.4 Å². The molecule has 2 aromatic carbocycles. The van der Waals surface area contributed by atoms with E-state index in [9.17, 15) is 9.59 Å². The second-order valence-corrected chi connectivity index (χ2v) is 6.74. The summed E-state index contributed by atoms with van der Waals surface area (Å²) in [5.74, 6) is 0.132. The number of nitrogens with zero attached hydrogens (tertiary/aromatic N) is 3. The predicted molar refractivity (Wildman–Crippen MR) is 112 cm³/mol. The summed E-state index contributed by atoms with van der Waals surface area (Å²) in [6, 6.07) is 14.0. The van der Waals surface area contributed by atoms with Crippen molar-refractivity contribution in [3.05, 3.63) is 77.2 Å². The maximum Gasteiger partial charge on any atom is 0.336 e. The first kappa shape index (κ1) is 19.4. The Balaban J connectivity index is 1.49. The van der Waals surface area contributed by atoms with Crippen LogP contribution in [0.15, 0.2) is 70.4 Å². The molecule has 0 saturated heterocycles. The third-order valence-electron chi connectivity index (χ3n) is 4.66. The first-order chi connectivity index (χ1) is 14.5. The summed E-state index contributed by atoms with van der Waals surface area (Å²) < 4.78 is 12.7. The fourth-order valence-corrected chi connectivity index (χ4v) is 3.15. The van der Waals surface area contributed by atoms with Crippen molar-refractivity contribution in [1.82, 2.24) is 14.8 Å². The number of carbonyl (C=O) groups is 1. The smallest absolute Gasteiger partial charge is 0.336 e. The van der Waals surface area contributed by atoms with E-state index in [0.29, 0.717) is 17.0 Å². The third kappa shape index (κ3) is 4.07. The van der Waals surface area contributed by atoms with Crippen molar-refractivity contribution in [1.29, 1.82) is 0 Å². The highest BCUT2D eigenvalue weighted by atomic mass is 16.5. The summed E-state index contributed by atoms with van der Waals surface area (Å²) in [6.07, 6.45) is 2.97. The number of ether oxygens (including phenoxy) is 1. The number of nitrogens with one attached hydrogen (secondary N) is 1. The second kappa shape index (κ2) is 8.20. The van der Waals surface area contributed by atoms with E-state index in [2.05, 4.69) is 15.4 Å². The summed E-state index contributed by atoms with van der Waals surface area (Å²) in [7, 11) is 0. The summed E-state index contributed by atoms with van der Waals surface area (Å²) in [5, 5.41) is 7.76. The van der Waals surface area contributed by atoms with Crippen molar-refractivity contribution in [3.8, 4) is 11.4 Å². The zero-order valence-electron chi connectivity index (χ0n) is 16.5. The summed E-state index contributed by atoms with van der Waals surface area (Å²) in [5.41, 5.74) is 2.32. The van der Waals surface area contributed by atoms with Gasteiger partial charge in [0.1, 0.15) is 24.0 Å². The molecule has 1 unspecified atom stereocenters. The topological polar surface area (TPSA) is 99.2 Å². The number of anilines is 1. The van der Waals surface area contributed by atoms with Crippen molar-refractivity contribution >= 4 is 22.6 Å². The van der Waals surface area contributed by atoms with Crippen LogP contribution in [0.2, 0.25) is 0 Å². The van der Waals surface area contributed by atoms with Crippen LogP contribution >= 0.6 is 0 Å². The molecule has 0 spiro atoms. The van der Waals surface area contributed by atoms with Gasteiger partial charge in [-0.05, 0) is 49.2 Å². The number of aryl methyl sites for hydroxylation is 1. The van der Waals surface area contributed by atoms with Crippen LogP contribution in [0.4, 0.5) is 5.69 Å². The number of benzene rings is 2. The Labute approximate surface area is 172 Å². The molecule has 2 aromatic heterocycles. The molecule has 0 radical (unpaired) electrons. The Morgan fingerprint density at radius 3 is 2.87 bits per heavy atom. The average molecular weight is 404 g/mol. The van der Waals surface area contributed by atoms with E-state index in [0.717, 1.165) is 23.1 Å². The van der Waals surface area contributed by atoms with Gasteiger partial charge in [0.25, 0.3) is 5.91 Å². The van der Waals surface area contributed by atoms with Crippen LogP contribution in [0.5, 0.6) is 5.75 Å². The Morgan fingerprint density at radius 2 is 2.10 bits per heavy atom. The molecule has 0 aliphatic carbocycles. The molecule has 8 heteroatoms. The van der Waals surface area contributed by atoms with Crippen molar-refractivity contribution in [2.45, 2.75) is 26.4 Å². The average Bonchev–Trinajstić information content (AvgIpc) is 3.28. The molecular formula is C22H20N4O4. The fourth-order valence-electron chi connectivity index (χ4n) is 3.15. The predicted octanol–water partition coefficient (Wildman–Crippen LogP) is 3.34. The highest BCUT2D eigenvalue weighted by Crippen LogP contribution is 2.24. The highest BCUT2D eigenvalue weighted by molar-refractivity contribution is 5.94. The zero-order chi connectivity index (χ0) is 21.1. The molecule has 1 atom stereocenters. The van der Waals surface area contributed by atoms with Gasteiger partial charge >= 0.3 is 5.63 Å². The van der Waals surface area contributed by atoms with E-state index in [1.807, 2.05) is 25.1 Å². The maximum absolute atomic E-state index is 12.6. The molecule has 0 saturated carbocycles. The molecule has 2 heterocycles. The van der Waals surface area contributed by atoms with Gasteiger partial charge in [-0.3, -0.25) is 4.79 Å². The fraction of sp³-hybridized carbons (Fsp3) is 0.182. The lowest BCUT2D eigenvalue weighted by Crippen LogP contribution is -2.30. The molecule has 4 rings (SSSR count). The molecular weight excluding hydrogens is 384 g/mol. The second-order valence-electron chi connectivity index (χ2n) is 6.74. The van der Waals surface area contributed by atoms with Crippen LogP contribution in [-0.4, -0.2) is 26.8 Å². The van der Waals surface area contributed by atoms with Crippen LogP contribution in [0, 0.1) is 0 Å². The monoisotopic (exact) mass is 404 g/mol. The molecule has 1 N–H and O–H groups in total.